The van der Waals surface area contributed by atoms with E-state index in [-0.39, 0.29) is 50.0 Å². The minimum Gasteiger partial charge on any atom is -0.310 e. The van der Waals surface area contributed by atoms with E-state index >= 15 is 0 Å². The van der Waals surface area contributed by atoms with Crippen LogP contribution in [-0.4, -0.2) is 11.3 Å². The van der Waals surface area contributed by atoms with Gasteiger partial charge in [0, 0.05) is 61.5 Å². The lowest BCUT2D eigenvalue weighted by Gasteiger charge is -2.46. The van der Waals surface area contributed by atoms with Crippen molar-refractivity contribution in [3.05, 3.63) is 311 Å². The fourth-order valence-electron chi connectivity index (χ4n) is 17.9. The molecule has 1 aromatic heterocycles. The Labute approximate surface area is 682 Å². The third-order valence-corrected chi connectivity index (χ3v) is 24.6. The summed E-state index contributed by atoms with van der Waals surface area (Å²) in [6, 6.07) is 105. The highest BCUT2D eigenvalue weighted by molar-refractivity contribution is 7.00. The fourth-order valence-corrected chi connectivity index (χ4v) is 17.9. The van der Waals surface area contributed by atoms with Crippen molar-refractivity contribution in [3.8, 4) is 72.4 Å². The van der Waals surface area contributed by atoms with Gasteiger partial charge in [0.15, 0.2) is 0 Å². The minimum atomic E-state index is -0.273. The van der Waals surface area contributed by atoms with Gasteiger partial charge in [0.2, 0.25) is 0 Å². The molecule has 0 spiro atoms. The number of fused-ring (bicyclic) bond motifs is 7. The zero-order valence-electron chi connectivity index (χ0n) is 72.3. The summed E-state index contributed by atoms with van der Waals surface area (Å²) in [5, 5.41) is 2.53. The molecule has 0 N–H and O–H groups in total. The first-order valence-electron chi connectivity index (χ1n) is 41.7. The second-order valence-electron chi connectivity index (χ2n) is 41.2. The van der Waals surface area contributed by atoms with E-state index in [9.17, 15) is 0 Å². The van der Waals surface area contributed by atoms with E-state index in [0.29, 0.717) is 0 Å². The van der Waals surface area contributed by atoms with E-state index in [4.69, 9.17) is 0 Å². The van der Waals surface area contributed by atoms with Crippen molar-refractivity contribution in [2.24, 2.45) is 0 Å². The van der Waals surface area contributed by atoms with E-state index < -0.39 is 0 Å². The first-order chi connectivity index (χ1) is 53.6. The normalized spacial score (nSPS) is 13.6. The molecule has 0 saturated carbocycles. The summed E-state index contributed by atoms with van der Waals surface area (Å²) in [6.07, 6.45) is 0. The predicted octanol–water partition coefficient (Wildman–Crippen LogP) is 29.2. The molecule has 0 fully saturated rings. The Morgan fingerprint density at radius 3 is 0.868 bits per heavy atom. The largest absolute Gasteiger partial charge is 0.310 e. The van der Waals surface area contributed by atoms with Gasteiger partial charge in [-0.05, 0) is 228 Å². The molecule has 574 valence electrons. The van der Waals surface area contributed by atoms with Gasteiger partial charge in [0.25, 0.3) is 6.71 Å². The number of anilines is 6. The highest BCUT2D eigenvalue weighted by Crippen LogP contribution is 2.57. The molecule has 0 unspecified atom stereocenters. The van der Waals surface area contributed by atoms with Gasteiger partial charge in [-0.3, -0.25) is 0 Å². The summed E-state index contributed by atoms with van der Waals surface area (Å²) in [5.41, 5.74) is 37.5. The van der Waals surface area contributed by atoms with Crippen LogP contribution in [-0.2, 0) is 43.3 Å². The minimum absolute atomic E-state index is 0.0568. The number of hydrogen-bond acceptors (Lipinski definition) is 2. The first kappa shape index (κ1) is 77.3. The van der Waals surface area contributed by atoms with E-state index in [0.717, 1.165) is 67.6 Å². The van der Waals surface area contributed by atoms with Gasteiger partial charge in [-0.15, -0.1) is 0 Å². The molecule has 3 heterocycles. The molecule has 0 amide bonds. The van der Waals surface area contributed by atoms with Gasteiger partial charge >= 0.3 is 0 Å². The Morgan fingerprint density at radius 2 is 0.526 bits per heavy atom. The van der Waals surface area contributed by atoms with Crippen LogP contribution in [0.1, 0.15) is 211 Å². The molecular formula is C110H116BN3. The zero-order chi connectivity index (χ0) is 81.1. The third kappa shape index (κ3) is 13.9. The van der Waals surface area contributed by atoms with Gasteiger partial charge in [-0.1, -0.05) is 354 Å². The lowest BCUT2D eigenvalue weighted by Crippen LogP contribution is -2.61. The maximum Gasteiger partial charge on any atom is 0.252 e. The molecule has 2 aliphatic rings. The van der Waals surface area contributed by atoms with Crippen molar-refractivity contribution >= 4 is 79.0 Å². The Kier molecular flexibility index (Phi) is 18.7. The molecule has 14 aromatic rings. The van der Waals surface area contributed by atoms with Crippen LogP contribution in [0, 0.1) is 0 Å². The van der Waals surface area contributed by atoms with Gasteiger partial charge in [0.1, 0.15) is 0 Å². The van der Waals surface area contributed by atoms with Crippen LogP contribution in [0.3, 0.4) is 0 Å². The molecule has 3 nitrogen and oxygen atoms in total. The first-order valence-corrected chi connectivity index (χ1v) is 41.7. The zero-order valence-corrected chi connectivity index (χ0v) is 72.3. The van der Waals surface area contributed by atoms with Crippen LogP contribution in [0.2, 0.25) is 0 Å². The molecule has 16 rings (SSSR count). The van der Waals surface area contributed by atoms with Gasteiger partial charge in [-0.2, -0.15) is 0 Å². The molecule has 2 aliphatic heterocycles. The maximum absolute atomic E-state index is 2.78. The van der Waals surface area contributed by atoms with Crippen molar-refractivity contribution in [1.82, 2.24) is 4.57 Å². The quantitative estimate of drug-likeness (QED) is 0.133. The van der Waals surface area contributed by atoms with Crippen molar-refractivity contribution in [2.75, 3.05) is 9.80 Å². The second kappa shape index (κ2) is 27.5. The van der Waals surface area contributed by atoms with E-state index in [1.54, 1.807) is 0 Å². The molecule has 0 radical (unpaired) electrons. The Balaban J connectivity index is 1.15. The molecular weight excluding hydrogens is 1370 g/mol. The second-order valence-corrected chi connectivity index (χ2v) is 41.2. The van der Waals surface area contributed by atoms with E-state index in [2.05, 4.69) is 447 Å². The number of aromatic nitrogens is 1. The number of benzene rings is 13. The van der Waals surface area contributed by atoms with Crippen molar-refractivity contribution in [3.63, 3.8) is 0 Å². The third-order valence-electron chi connectivity index (χ3n) is 24.6. The van der Waals surface area contributed by atoms with Crippen molar-refractivity contribution in [1.29, 1.82) is 0 Å². The smallest absolute Gasteiger partial charge is 0.252 e. The van der Waals surface area contributed by atoms with Gasteiger partial charge < -0.3 is 14.4 Å². The highest BCUT2D eigenvalue weighted by atomic mass is 15.2. The lowest BCUT2D eigenvalue weighted by atomic mass is 9.33. The summed E-state index contributed by atoms with van der Waals surface area (Å²) in [5.74, 6) is 0. The summed E-state index contributed by atoms with van der Waals surface area (Å²) < 4.78 is 2.59. The summed E-state index contributed by atoms with van der Waals surface area (Å²) in [6.45, 7) is 56.6. The molecule has 0 aliphatic carbocycles. The Bertz CT molecular complexity index is 5900. The van der Waals surface area contributed by atoms with Crippen LogP contribution in [0.25, 0.3) is 94.3 Å². The average Bonchev–Trinajstić information content (AvgIpc) is 0.734. The van der Waals surface area contributed by atoms with Crippen LogP contribution < -0.4 is 26.2 Å². The average molecular weight is 1490 g/mol. The molecule has 114 heavy (non-hydrogen) atoms. The summed E-state index contributed by atoms with van der Waals surface area (Å²) in [7, 11) is 0. The number of hydrogen-bond donors (Lipinski definition) is 0. The van der Waals surface area contributed by atoms with E-state index in [1.807, 2.05) is 0 Å². The maximum atomic E-state index is 2.78. The predicted molar refractivity (Wildman–Crippen MR) is 497 cm³/mol. The van der Waals surface area contributed by atoms with Gasteiger partial charge in [0.05, 0.1) is 22.4 Å². The van der Waals surface area contributed by atoms with Crippen LogP contribution in [0.15, 0.2) is 267 Å². The van der Waals surface area contributed by atoms with Crippen LogP contribution in [0.4, 0.5) is 34.1 Å². The Morgan fingerprint density at radius 1 is 0.219 bits per heavy atom. The van der Waals surface area contributed by atoms with E-state index in [1.165, 1.54) is 122 Å². The standard InChI is InChI=1S/C110H116BN3/c1-103(2,3)75-48-55-94-88(60-75)89-61-76(104(4,5)6)49-56-95(89)112(94)81-50-54-93-97(68-81)114(102-86(71-41-33-27-34-42-71)64-80(108(16,17)18)65-87(102)72-43-35-28-36-44-72)99-59-74(83-52-47-78(106(10,11)12)67-91(83)110(22,23)24)58-98-100(99)111(93)92-53-45-73(82-51-46-77(105(7,8)9)66-90(82)109(19,20)21)57-96(92)113(98)101-84(69-37-29-25-30-38-69)62-79(107(13,14)15)63-85(101)70-39-31-26-32-40-70/h25-68H,1-24H3. The fraction of sp³-hybridized carbons (Fsp3) is 0.291. The highest BCUT2D eigenvalue weighted by Gasteiger charge is 2.47. The molecule has 0 atom stereocenters. The van der Waals surface area contributed by atoms with Crippen molar-refractivity contribution < 1.29 is 0 Å². The summed E-state index contributed by atoms with van der Waals surface area (Å²) >= 11 is 0. The van der Waals surface area contributed by atoms with Crippen LogP contribution in [0.5, 0.6) is 0 Å². The van der Waals surface area contributed by atoms with Crippen LogP contribution >= 0.6 is 0 Å². The van der Waals surface area contributed by atoms with Crippen molar-refractivity contribution in [2.45, 2.75) is 209 Å². The number of nitrogens with zero attached hydrogens (tertiary/aromatic N) is 3. The Hall–Kier alpha value is -10.7. The molecule has 4 heteroatoms. The molecule has 0 saturated heterocycles. The van der Waals surface area contributed by atoms with Gasteiger partial charge in [-0.25, -0.2) is 0 Å². The number of rotatable bonds is 9. The topological polar surface area (TPSA) is 11.4 Å². The SMILES string of the molecule is CC(C)(C)c1cc(-c2ccccc2)c(N2c3cc(-c4ccc(C(C)(C)C)cc4C(C)(C)C)ccc3B3c4ccc(-n5c6ccc(C(C)(C)C)cc6c6cc(C(C)(C)C)ccc65)cc4N(c4c(-c5ccccc5)cc(C(C)(C)C)cc4-c4ccccc4)c4cc(-c5ccc(C(C)(C)C)cc5C(C)(C)C)cc2c43)c(-c2ccccc2)c1. The lowest BCUT2D eigenvalue weighted by molar-refractivity contribution is 0.569. The monoisotopic (exact) mass is 1490 g/mol. The molecule has 13 aromatic carbocycles. The summed E-state index contributed by atoms with van der Waals surface area (Å²) in [4.78, 5) is 5.56. The molecule has 0 bridgehead atoms.